The Hall–Kier alpha value is -0.280. The van der Waals surface area contributed by atoms with Crippen molar-refractivity contribution >= 4 is 46.1 Å². The number of hydrogen-bond donors (Lipinski definition) is 0. The molecule has 0 amide bonds. The van der Waals surface area contributed by atoms with Crippen molar-refractivity contribution in [3.63, 3.8) is 0 Å². The molecular weight excluding hydrogens is 297 g/mol. The van der Waals surface area contributed by atoms with Crippen LogP contribution in [0.25, 0.3) is 10.6 Å². The summed E-state index contributed by atoms with van der Waals surface area (Å²) in [6, 6.07) is 5.46. The molecule has 90 valence electrons. The fourth-order valence-electron chi connectivity index (χ4n) is 1.48. The van der Waals surface area contributed by atoms with E-state index in [1.165, 1.54) is 0 Å². The Balaban J connectivity index is 2.24. The Kier molecular flexibility index (Phi) is 4.69. The molecule has 0 aliphatic rings. The molecule has 1 nitrogen and oxygen atoms in total. The lowest BCUT2D eigenvalue weighted by molar-refractivity contribution is 0.900. The lowest BCUT2D eigenvalue weighted by Gasteiger charge is -1.99. The molecule has 0 unspecified atom stereocenters. The van der Waals surface area contributed by atoms with Gasteiger partial charge in [-0.15, -0.1) is 22.9 Å². The van der Waals surface area contributed by atoms with E-state index < -0.39 is 0 Å². The zero-order chi connectivity index (χ0) is 12.3. The molecule has 1 heterocycles. The molecule has 2 aromatic rings. The van der Waals surface area contributed by atoms with Crippen molar-refractivity contribution in [1.82, 2.24) is 4.98 Å². The van der Waals surface area contributed by atoms with Gasteiger partial charge >= 0.3 is 0 Å². The number of benzene rings is 1. The maximum absolute atomic E-state index is 5.97. The largest absolute Gasteiger partial charge is 0.241 e. The van der Waals surface area contributed by atoms with Crippen molar-refractivity contribution in [3.8, 4) is 10.6 Å². The summed E-state index contributed by atoms with van der Waals surface area (Å²) in [7, 11) is 0. The van der Waals surface area contributed by atoms with Gasteiger partial charge in [-0.3, -0.25) is 0 Å². The normalized spacial score (nSPS) is 10.8. The number of aromatic nitrogens is 1. The predicted molar refractivity (Wildman–Crippen MR) is 76.6 cm³/mol. The zero-order valence-electron chi connectivity index (χ0n) is 8.92. The fourth-order valence-corrected chi connectivity index (χ4v) is 2.98. The van der Waals surface area contributed by atoms with E-state index in [-0.39, 0.29) is 0 Å². The van der Waals surface area contributed by atoms with Crippen molar-refractivity contribution in [2.45, 2.75) is 12.8 Å². The van der Waals surface area contributed by atoms with Crippen molar-refractivity contribution < 1.29 is 0 Å². The molecule has 5 heteroatoms. The van der Waals surface area contributed by atoms with Crippen LogP contribution in [0.1, 0.15) is 12.1 Å². The van der Waals surface area contributed by atoms with Crippen LogP contribution in [0.2, 0.25) is 10.0 Å². The molecule has 0 saturated heterocycles. The van der Waals surface area contributed by atoms with E-state index in [2.05, 4.69) is 10.4 Å². The number of aryl methyl sites for hydroxylation is 1. The molecule has 2 rings (SSSR count). The maximum Gasteiger partial charge on any atom is 0.123 e. The van der Waals surface area contributed by atoms with Crippen LogP contribution in [0.3, 0.4) is 0 Å². The highest BCUT2D eigenvalue weighted by atomic mass is 35.5. The van der Waals surface area contributed by atoms with E-state index in [4.69, 9.17) is 34.8 Å². The molecule has 0 bridgehead atoms. The molecule has 1 aromatic carbocycles. The van der Waals surface area contributed by atoms with Gasteiger partial charge in [-0.05, 0) is 31.0 Å². The van der Waals surface area contributed by atoms with Crippen LogP contribution in [0, 0.1) is 0 Å². The molecule has 0 saturated carbocycles. The Labute approximate surface area is 119 Å². The van der Waals surface area contributed by atoms with E-state index in [1.54, 1.807) is 17.4 Å². The summed E-state index contributed by atoms with van der Waals surface area (Å²) in [6.45, 7) is 0. The van der Waals surface area contributed by atoms with Gasteiger partial charge < -0.3 is 0 Å². The van der Waals surface area contributed by atoms with Crippen molar-refractivity contribution in [1.29, 1.82) is 0 Å². The van der Waals surface area contributed by atoms with Gasteiger partial charge in [0.15, 0.2) is 0 Å². The van der Waals surface area contributed by atoms with Crippen LogP contribution in [0.4, 0.5) is 0 Å². The highest BCUT2D eigenvalue weighted by Crippen LogP contribution is 2.29. The third kappa shape index (κ3) is 3.59. The van der Waals surface area contributed by atoms with Gasteiger partial charge in [0.2, 0.25) is 0 Å². The summed E-state index contributed by atoms with van der Waals surface area (Å²) >= 11 is 19.2. The zero-order valence-corrected chi connectivity index (χ0v) is 12.0. The summed E-state index contributed by atoms with van der Waals surface area (Å²) in [5.41, 5.74) is 2.03. The van der Waals surface area contributed by atoms with Gasteiger partial charge in [-0.1, -0.05) is 23.2 Å². The molecule has 0 fully saturated rings. The van der Waals surface area contributed by atoms with E-state index in [0.717, 1.165) is 29.1 Å². The number of halogens is 3. The van der Waals surface area contributed by atoms with Crippen LogP contribution < -0.4 is 0 Å². The van der Waals surface area contributed by atoms with Crippen LogP contribution in [0.5, 0.6) is 0 Å². The number of thiazole rings is 1. The third-order valence-electron chi connectivity index (χ3n) is 2.23. The van der Waals surface area contributed by atoms with Gasteiger partial charge in [-0.2, -0.15) is 0 Å². The summed E-state index contributed by atoms with van der Waals surface area (Å²) < 4.78 is 0. The van der Waals surface area contributed by atoms with Crippen molar-refractivity contribution in [2.75, 3.05) is 5.88 Å². The second-order valence-electron chi connectivity index (χ2n) is 3.59. The number of alkyl halides is 1. The average molecular weight is 307 g/mol. The molecule has 0 atom stereocenters. The first-order valence-electron chi connectivity index (χ1n) is 5.16. The Bertz CT molecular complexity index is 490. The lowest BCUT2D eigenvalue weighted by Crippen LogP contribution is -1.86. The second kappa shape index (κ2) is 6.05. The van der Waals surface area contributed by atoms with E-state index in [1.807, 2.05) is 12.1 Å². The van der Waals surface area contributed by atoms with Crippen LogP contribution in [0.15, 0.2) is 23.6 Å². The van der Waals surface area contributed by atoms with E-state index >= 15 is 0 Å². The average Bonchev–Trinajstić information content (AvgIpc) is 2.73. The van der Waals surface area contributed by atoms with Gasteiger partial charge in [0.25, 0.3) is 0 Å². The molecular formula is C12H10Cl3NS. The predicted octanol–water partition coefficient (Wildman–Crippen LogP) is 5.29. The lowest BCUT2D eigenvalue weighted by atomic mass is 10.2. The molecule has 0 N–H and O–H groups in total. The first-order valence-corrected chi connectivity index (χ1v) is 7.33. The monoisotopic (exact) mass is 305 g/mol. The quantitative estimate of drug-likeness (QED) is 0.700. The Morgan fingerprint density at radius 1 is 1.12 bits per heavy atom. The van der Waals surface area contributed by atoms with Gasteiger partial charge in [0.05, 0.1) is 5.69 Å². The summed E-state index contributed by atoms with van der Waals surface area (Å²) in [5.74, 6) is 0.663. The smallest absolute Gasteiger partial charge is 0.123 e. The minimum Gasteiger partial charge on any atom is -0.241 e. The summed E-state index contributed by atoms with van der Waals surface area (Å²) in [5, 5.41) is 4.26. The number of nitrogens with zero attached hydrogens (tertiary/aromatic N) is 1. The molecule has 1 aromatic heterocycles. The van der Waals surface area contributed by atoms with Gasteiger partial charge in [-0.25, -0.2) is 4.98 Å². The fraction of sp³-hybridized carbons (Fsp3) is 0.250. The third-order valence-corrected chi connectivity index (χ3v) is 3.87. The second-order valence-corrected chi connectivity index (χ2v) is 5.70. The van der Waals surface area contributed by atoms with Crippen LogP contribution >= 0.6 is 46.1 Å². The molecule has 0 aliphatic heterocycles. The highest BCUT2D eigenvalue weighted by Gasteiger charge is 2.06. The number of hydrogen-bond acceptors (Lipinski definition) is 2. The minimum absolute atomic E-state index is 0.630. The van der Waals surface area contributed by atoms with Gasteiger partial charge in [0.1, 0.15) is 5.01 Å². The number of rotatable bonds is 4. The Morgan fingerprint density at radius 3 is 2.47 bits per heavy atom. The van der Waals surface area contributed by atoms with Crippen molar-refractivity contribution in [3.05, 3.63) is 39.3 Å². The summed E-state index contributed by atoms with van der Waals surface area (Å²) in [6.07, 6.45) is 1.86. The van der Waals surface area contributed by atoms with Gasteiger partial charge in [0, 0.05) is 26.9 Å². The van der Waals surface area contributed by atoms with Crippen molar-refractivity contribution in [2.24, 2.45) is 0 Å². The van der Waals surface area contributed by atoms with Crippen LogP contribution in [-0.2, 0) is 6.42 Å². The standard InChI is InChI=1S/C12H10Cl3NS/c13-3-1-2-11-7-17-12(16-11)8-4-9(14)6-10(15)5-8/h4-7H,1-3H2. The SMILES string of the molecule is ClCCCc1csc(-c2cc(Cl)cc(Cl)c2)n1. The first kappa shape index (κ1) is 13.2. The maximum atomic E-state index is 5.97. The van der Waals surface area contributed by atoms with E-state index in [0.29, 0.717) is 15.9 Å². The summed E-state index contributed by atoms with van der Waals surface area (Å²) in [4.78, 5) is 4.54. The minimum atomic E-state index is 0.630. The Morgan fingerprint density at radius 2 is 1.82 bits per heavy atom. The van der Waals surface area contributed by atoms with Crippen LogP contribution in [-0.4, -0.2) is 10.9 Å². The van der Waals surface area contributed by atoms with E-state index in [9.17, 15) is 0 Å². The highest BCUT2D eigenvalue weighted by molar-refractivity contribution is 7.13. The first-order chi connectivity index (χ1) is 8.19. The topological polar surface area (TPSA) is 12.9 Å². The molecule has 0 spiro atoms. The molecule has 0 radical (unpaired) electrons. The molecule has 0 aliphatic carbocycles. The molecule has 17 heavy (non-hydrogen) atoms.